The molecule has 4 N–H and O–H groups in total. The van der Waals surface area contributed by atoms with Gasteiger partial charge in [-0.1, -0.05) is 6.07 Å². The Morgan fingerprint density at radius 1 is 0.667 bits per heavy atom. The Kier molecular flexibility index (Phi) is 13.6. The van der Waals surface area contributed by atoms with E-state index in [1.54, 1.807) is 6.07 Å². The molecule has 1 rings (SSSR count). The minimum atomic E-state index is -1.16. The molecule has 0 unspecified atom stereocenters. The number of ether oxygens (including phenoxy) is 4. The van der Waals surface area contributed by atoms with Crippen LogP contribution in [0.5, 0.6) is 0 Å². The van der Waals surface area contributed by atoms with E-state index in [-0.39, 0.29) is 24.7 Å². The highest BCUT2D eigenvalue weighted by Gasteiger charge is 2.18. The van der Waals surface area contributed by atoms with Crippen molar-refractivity contribution in [1.29, 1.82) is 0 Å². The number of carboxylic acid groups (broad SMARTS) is 2. The fraction of sp³-hybridized carbons (Fsp3) is 0.600. The first-order valence-corrected chi connectivity index (χ1v) is 9.66. The van der Waals surface area contributed by atoms with Crippen molar-refractivity contribution in [1.82, 2.24) is 0 Å². The molecule has 10 heteroatoms. The molecule has 10 nitrogen and oxygen atoms in total. The molecule has 0 fully saturated rings. The van der Waals surface area contributed by atoms with E-state index < -0.39 is 25.5 Å². The van der Waals surface area contributed by atoms with E-state index >= 15 is 0 Å². The Balaban J connectivity index is 2.70. The molecule has 1 aromatic rings. The highest BCUT2D eigenvalue weighted by atomic mass is 16.7. The van der Waals surface area contributed by atoms with Gasteiger partial charge in [-0.25, -0.2) is 9.59 Å². The van der Waals surface area contributed by atoms with E-state index in [9.17, 15) is 19.8 Å². The normalized spacial score (nSPS) is 11.0. The second-order valence-electron chi connectivity index (χ2n) is 6.41. The van der Waals surface area contributed by atoms with Crippen molar-refractivity contribution in [3.8, 4) is 0 Å². The lowest BCUT2D eigenvalue weighted by Crippen LogP contribution is -2.11. The standard InChI is InChI=1S/C20H30O10/c21-11-29-13-27-7-3-1-5-15-9-16(6-2-4-8-28-14-30-12-22)18(20(25)26)10-17(15)19(23)24/h9-10,21-22H,1-8,11-14H2,(H,23,24)(H,25,26). The maximum absolute atomic E-state index is 11.6. The number of carboxylic acids is 2. The molecule has 30 heavy (non-hydrogen) atoms. The summed E-state index contributed by atoms with van der Waals surface area (Å²) in [5.41, 5.74) is 1.15. The minimum absolute atomic E-state index is 0.00910. The van der Waals surface area contributed by atoms with Gasteiger partial charge in [0, 0.05) is 13.2 Å². The molecule has 1 aromatic carbocycles. The maximum atomic E-state index is 11.6. The fourth-order valence-corrected chi connectivity index (χ4v) is 2.86. The van der Waals surface area contributed by atoms with Gasteiger partial charge in [0.15, 0.2) is 0 Å². The summed E-state index contributed by atoms with van der Waals surface area (Å²) in [7, 11) is 0. The molecule has 0 aliphatic carbocycles. The summed E-state index contributed by atoms with van der Waals surface area (Å²) in [4.78, 5) is 23.2. The van der Waals surface area contributed by atoms with Gasteiger partial charge in [0.1, 0.15) is 27.2 Å². The molecule has 0 bridgehead atoms. The summed E-state index contributed by atoms with van der Waals surface area (Å²) in [6.45, 7) is -0.0360. The lowest BCUT2D eigenvalue weighted by Gasteiger charge is -2.13. The van der Waals surface area contributed by atoms with E-state index in [1.807, 2.05) is 0 Å². The van der Waals surface area contributed by atoms with E-state index in [0.29, 0.717) is 62.9 Å². The third kappa shape index (κ3) is 10.1. The number of hydrogen-bond acceptors (Lipinski definition) is 8. The third-order valence-electron chi connectivity index (χ3n) is 4.28. The average molecular weight is 430 g/mol. The number of benzene rings is 1. The smallest absolute Gasteiger partial charge is 0.335 e. The Labute approximate surface area is 174 Å². The number of unbranched alkanes of at least 4 members (excludes halogenated alkanes) is 2. The molecule has 170 valence electrons. The van der Waals surface area contributed by atoms with Gasteiger partial charge in [-0.15, -0.1) is 0 Å². The zero-order valence-electron chi connectivity index (χ0n) is 16.9. The van der Waals surface area contributed by atoms with Crippen LogP contribution in [-0.2, 0) is 31.8 Å². The molecule has 0 aliphatic heterocycles. The Hall–Kier alpha value is -2.08. The van der Waals surface area contributed by atoms with Gasteiger partial charge in [0.25, 0.3) is 0 Å². The first-order valence-electron chi connectivity index (χ1n) is 9.66. The molecule has 0 heterocycles. The monoisotopic (exact) mass is 430 g/mol. The first kappa shape index (κ1) is 26.0. The molecular weight excluding hydrogens is 400 g/mol. The van der Waals surface area contributed by atoms with Crippen molar-refractivity contribution >= 4 is 11.9 Å². The van der Waals surface area contributed by atoms with Crippen molar-refractivity contribution in [2.45, 2.75) is 38.5 Å². The van der Waals surface area contributed by atoms with Gasteiger partial charge in [-0.05, 0) is 55.7 Å². The quantitative estimate of drug-likeness (QED) is 0.200. The van der Waals surface area contributed by atoms with Gasteiger partial charge in [0.2, 0.25) is 0 Å². The van der Waals surface area contributed by atoms with E-state index in [0.717, 1.165) is 0 Å². The Morgan fingerprint density at radius 3 is 1.47 bits per heavy atom. The van der Waals surface area contributed by atoms with Crippen LogP contribution in [0.25, 0.3) is 0 Å². The van der Waals surface area contributed by atoms with E-state index in [2.05, 4.69) is 9.47 Å². The minimum Gasteiger partial charge on any atom is -0.478 e. The van der Waals surface area contributed by atoms with Crippen LogP contribution in [0.3, 0.4) is 0 Å². The van der Waals surface area contributed by atoms with Crippen LogP contribution in [0.4, 0.5) is 0 Å². The number of rotatable bonds is 18. The number of hydrogen-bond donors (Lipinski definition) is 4. The lowest BCUT2D eigenvalue weighted by atomic mass is 9.92. The molecule has 0 spiro atoms. The van der Waals surface area contributed by atoms with Gasteiger partial charge >= 0.3 is 11.9 Å². The Bertz CT molecular complexity index is 595. The van der Waals surface area contributed by atoms with Crippen molar-refractivity contribution in [3.63, 3.8) is 0 Å². The fourth-order valence-electron chi connectivity index (χ4n) is 2.86. The predicted molar refractivity (Wildman–Crippen MR) is 104 cm³/mol. The van der Waals surface area contributed by atoms with Crippen molar-refractivity contribution in [2.24, 2.45) is 0 Å². The van der Waals surface area contributed by atoms with Crippen LogP contribution >= 0.6 is 0 Å². The van der Waals surface area contributed by atoms with Crippen LogP contribution in [0.2, 0.25) is 0 Å². The summed E-state index contributed by atoms with van der Waals surface area (Å²) in [6, 6.07) is 2.89. The average Bonchev–Trinajstić information content (AvgIpc) is 2.72. The zero-order valence-corrected chi connectivity index (χ0v) is 16.9. The molecular formula is C20H30O10. The van der Waals surface area contributed by atoms with Gasteiger partial charge < -0.3 is 39.4 Å². The number of aryl methyl sites for hydroxylation is 2. The maximum Gasteiger partial charge on any atom is 0.335 e. The second kappa shape index (κ2) is 15.7. The van der Waals surface area contributed by atoms with Crippen LogP contribution in [0.15, 0.2) is 12.1 Å². The molecule has 0 aliphatic rings. The van der Waals surface area contributed by atoms with Gasteiger partial charge in [0.05, 0.1) is 11.1 Å². The van der Waals surface area contributed by atoms with Crippen LogP contribution < -0.4 is 0 Å². The molecule has 0 saturated carbocycles. The molecule has 0 aromatic heterocycles. The highest BCUT2D eigenvalue weighted by Crippen LogP contribution is 2.22. The van der Waals surface area contributed by atoms with Crippen molar-refractivity contribution < 1.29 is 49.0 Å². The molecule has 0 amide bonds. The number of aromatic carboxylic acids is 2. The molecule has 0 saturated heterocycles. The van der Waals surface area contributed by atoms with Crippen molar-refractivity contribution in [3.05, 3.63) is 34.4 Å². The number of aliphatic hydroxyl groups excluding tert-OH is 2. The largest absolute Gasteiger partial charge is 0.478 e. The van der Waals surface area contributed by atoms with Crippen molar-refractivity contribution in [2.75, 3.05) is 40.4 Å². The predicted octanol–water partition coefficient (Wildman–Crippen LogP) is 1.61. The van der Waals surface area contributed by atoms with E-state index in [4.69, 9.17) is 19.7 Å². The number of carbonyl (C=O) groups is 2. The highest BCUT2D eigenvalue weighted by molar-refractivity contribution is 5.96. The van der Waals surface area contributed by atoms with Crippen LogP contribution in [0.1, 0.15) is 57.5 Å². The Morgan fingerprint density at radius 2 is 1.10 bits per heavy atom. The van der Waals surface area contributed by atoms with Crippen LogP contribution in [0, 0.1) is 0 Å². The molecule has 0 radical (unpaired) electrons. The summed E-state index contributed by atoms with van der Waals surface area (Å²) < 4.78 is 19.6. The topological polar surface area (TPSA) is 152 Å². The van der Waals surface area contributed by atoms with Crippen LogP contribution in [-0.4, -0.2) is 72.8 Å². The second-order valence-corrected chi connectivity index (χ2v) is 6.41. The summed E-state index contributed by atoms with van der Waals surface area (Å²) in [5, 5.41) is 35.9. The number of aliphatic hydroxyl groups is 2. The third-order valence-corrected chi connectivity index (χ3v) is 4.28. The van der Waals surface area contributed by atoms with Gasteiger partial charge in [-0.2, -0.15) is 0 Å². The van der Waals surface area contributed by atoms with Gasteiger partial charge in [-0.3, -0.25) is 0 Å². The SMILES string of the molecule is O=C(O)c1cc(C(=O)O)c(CCCCOCOCO)cc1CCCCOCOCO. The molecule has 0 atom stereocenters. The summed E-state index contributed by atoms with van der Waals surface area (Å²) in [6.07, 6.45) is 3.59. The zero-order chi connectivity index (χ0) is 22.2. The first-order chi connectivity index (χ1) is 14.5. The van der Waals surface area contributed by atoms with E-state index in [1.165, 1.54) is 6.07 Å². The summed E-state index contributed by atoms with van der Waals surface area (Å²) in [5.74, 6) is -2.33. The lowest BCUT2D eigenvalue weighted by molar-refractivity contribution is -0.108. The summed E-state index contributed by atoms with van der Waals surface area (Å²) >= 11 is 0.